The first-order valence-electron chi connectivity index (χ1n) is 13.7. The number of phenols is 1. The minimum absolute atomic E-state index is 0.0717. The zero-order valence-corrected chi connectivity index (χ0v) is 24.8. The molecule has 0 aliphatic heterocycles. The van der Waals surface area contributed by atoms with E-state index in [9.17, 15) is 24.3 Å². The number of aryl methyl sites for hydroxylation is 1. The summed E-state index contributed by atoms with van der Waals surface area (Å²) in [6, 6.07) is 9.48. The van der Waals surface area contributed by atoms with E-state index in [2.05, 4.69) is 10.6 Å². The van der Waals surface area contributed by atoms with Crippen LogP contribution in [-0.2, 0) is 30.3 Å². The fourth-order valence-electron chi connectivity index (χ4n) is 4.69. The molecule has 1 fully saturated rings. The Hall–Kier alpha value is -4.08. The van der Waals surface area contributed by atoms with Crippen LogP contribution in [-0.4, -0.2) is 65.2 Å². The molecule has 0 radical (unpaired) electrons. The molecule has 10 nitrogen and oxygen atoms in total. The van der Waals surface area contributed by atoms with Gasteiger partial charge in [0.25, 0.3) is 0 Å². The smallest absolute Gasteiger partial charge is 0.408 e. The quantitative estimate of drug-likeness (QED) is 0.373. The Morgan fingerprint density at radius 2 is 1.71 bits per heavy atom. The maximum absolute atomic E-state index is 14.5. The van der Waals surface area contributed by atoms with Gasteiger partial charge in [0.15, 0.2) is 0 Å². The summed E-state index contributed by atoms with van der Waals surface area (Å²) in [4.78, 5) is 54.6. The van der Waals surface area contributed by atoms with E-state index >= 15 is 0 Å². The Morgan fingerprint density at radius 3 is 2.27 bits per heavy atom. The molecule has 3 rings (SSSR count). The van der Waals surface area contributed by atoms with Gasteiger partial charge in [-0.1, -0.05) is 37.3 Å². The second-order valence-electron chi connectivity index (χ2n) is 11.6. The standard InChI is InChI=1S/C31H41N3O7/c1-18-9-8-10-23(20(18)3)27(28(37)32-17-26(36)40-7)34(25-15-19(25)2)29(38)24(33-30(39)41-31(4,5)6)16-21-11-13-22(35)14-12-21/h8-14,19,24-25,27,35H,15-17H2,1-7H3,(H,32,37)(H,33,39). The van der Waals surface area contributed by atoms with E-state index in [1.165, 1.54) is 19.2 Å². The predicted octanol–water partition coefficient (Wildman–Crippen LogP) is 3.71. The van der Waals surface area contributed by atoms with Gasteiger partial charge in [-0.05, 0) is 81.3 Å². The molecule has 0 spiro atoms. The first-order chi connectivity index (χ1) is 19.2. The van der Waals surface area contributed by atoms with Crippen LogP contribution in [0.2, 0.25) is 0 Å². The number of rotatable bonds is 10. The summed E-state index contributed by atoms with van der Waals surface area (Å²) in [5.41, 5.74) is 2.31. The summed E-state index contributed by atoms with van der Waals surface area (Å²) in [7, 11) is 1.23. The van der Waals surface area contributed by atoms with E-state index in [4.69, 9.17) is 9.47 Å². The van der Waals surface area contributed by atoms with Crippen molar-refractivity contribution in [2.24, 2.45) is 5.92 Å². The Morgan fingerprint density at radius 1 is 1.07 bits per heavy atom. The lowest BCUT2D eigenvalue weighted by atomic mass is 9.94. The number of hydrogen-bond donors (Lipinski definition) is 3. The van der Waals surface area contributed by atoms with E-state index < -0.39 is 41.6 Å². The van der Waals surface area contributed by atoms with Crippen molar-refractivity contribution >= 4 is 23.9 Å². The Balaban J connectivity index is 2.07. The number of nitrogens with one attached hydrogen (secondary N) is 2. The second kappa shape index (κ2) is 13.1. The van der Waals surface area contributed by atoms with Gasteiger partial charge < -0.3 is 30.1 Å². The van der Waals surface area contributed by atoms with Crippen molar-refractivity contribution in [3.05, 3.63) is 64.7 Å². The third kappa shape index (κ3) is 8.45. The molecular formula is C31H41N3O7. The van der Waals surface area contributed by atoms with E-state index in [1.54, 1.807) is 43.9 Å². The first kappa shape index (κ1) is 31.4. The third-order valence-electron chi connectivity index (χ3n) is 7.15. The predicted molar refractivity (Wildman–Crippen MR) is 153 cm³/mol. The summed E-state index contributed by atoms with van der Waals surface area (Å²) in [6.07, 6.45) is 0.00602. The molecule has 1 aliphatic carbocycles. The highest BCUT2D eigenvalue weighted by atomic mass is 16.6. The maximum Gasteiger partial charge on any atom is 0.408 e. The number of alkyl carbamates (subject to hydrolysis) is 1. The van der Waals surface area contributed by atoms with Gasteiger partial charge in [0.1, 0.15) is 30.0 Å². The molecule has 1 saturated carbocycles. The molecule has 0 heterocycles. The van der Waals surface area contributed by atoms with Crippen LogP contribution >= 0.6 is 0 Å². The highest BCUT2D eigenvalue weighted by Crippen LogP contribution is 2.41. The van der Waals surface area contributed by atoms with Gasteiger partial charge in [-0.25, -0.2) is 4.79 Å². The van der Waals surface area contributed by atoms with Crippen LogP contribution < -0.4 is 10.6 Å². The molecule has 3 amide bonds. The van der Waals surface area contributed by atoms with Crippen LogP contribution in [0.15, 0.2) is 42.5 Å². The maximum atomic E-state index is 14.5. The SMILES string of the molecule is COC(=O)CNC(=O)C(c1cccc(C)c1C)N(C(=O)C(Cc1ccc(O)cc1)NC(=O)OC(C)(C)C)C1CC1C. The number of benzene rings is 2. The second-order valence-corrected chi connectivity index (χ2v) is 11.6. The molecule has 0 bridgehead atoms. The zero-order chi connectivity index (χ0) is 30.5. The van der Waals surface area contributed by atoms with E-state index in [1.807, 2.05) is 32.9 Å². The number of carbonyl (C=O) groups is 4. The Bertz CT molecular complexity index is 1270. The molecule has 0 aromatic heterocycles. The van der Waals surface area contributed by atoms with Crippen molar-refractivity contribution in [3.63, 3.8) is 0 Å². The van der Waals surface area contributed by atoms with Crippen molar-refractivity contribution < 1.29 is 33.8 Å². The van der Waals surface area contributed by atoms with E-state index in [-0.39, 0.29) is 30.7 Å². The average Bonchev–Trinajstić information content (AvgIpc) is 3.62. The van der Waals surface area contributed by atoms with Crippen molar-refractivity contribution in [1.82, 2.24) is 15.5 Å². The van der Waals surface area contributed by atoms with Crippen molar-refractivity contribution in [2.45, 2.75) is 78.1 Å². The fourth-order valence-corrected chi connectivity index (χ4v) is 4.69. The molecule has 2 aromatic rings. The topological polar surface area (TPSA) is 134 Å². The number of aromatic hydroxyl groups is 1. The van der Waals surface area contributed by atoms with Gasteiger partial charge in [-0.3, -0.25) is 14.4 Å². The molecule has 2 aromatic carbocycles. The molecule has 4 atom stereocenters. The molecule has 0 saturated heterocycles. The van der Waals surface area contributed by atoms with Crippen LogP contribution in [0, 0.1) is 19.8 Å². The lowest BCUT2D eigenvalue weighted by Crippen LogP contribution is -2.55. The van der Waals surface area contributed by atoms with E-state index in [0.717, 1.165) is 11.1 Å². The summed E-state index contributed by atoms with van der Waals surface area (Å²) < 4.78 is 10.2. The summed E-state index contributed by atoms with van der Waals surface area (Å²) >= 11 is 0. The minimum atomic E-state index is -1.08. The van der Waals surface area contributed by atoms with Crippen LogP contribution in [0.1, 0.15) is 62.4 Å². The number of phenolic OH excluding ortho intramolecular Hbond substituents is 1. The first-order valence-corrected chi connectivity index (χ1v) is 13.7. The normalized spacial score (nSPS) is 17.5. The van der Waals surface area contributed by atoms with Crippen LogP contribution in [0.3, 0.4) is 0 Å². The third-order valence-corrected chi connectivity index (χ3v) is 7.15. The lowest BCUT2D eigenvalue weighted by molar-refractivity contribution is -0.145. The highest BCUT2D eigenvalue weighted by Gasteiger charge is 2.48. The Labute approximate surface area is 241 Å². The van der Waals surface area contributed by atoms with E-state index in [0.29, 0.717) is 17.5 Å². The largest absolute Gasteiger partial charge is 0.508 e. The summed E-state index contributed by atoms with van der Waals surface area (Å²) in [5, 5.41) is 15.1. The van der Waals surface area contributed by atoms with Crippen molar-refractivity contribution in [2.75, 3.05) is 13.7 Å². The van der Waals surface area contributed by atoms with Gasteiger partial charge in [0.2, 0.25) is 11.8 Å². The van der Waals surface area contributed by atoms with Crippen LogP contribution in [0.4, 0.5) is 4.79 Å². The molecule has 4 unspecified atom stereocenters. The van der Waals surface area contributed by atoms with Gasteiger partial charge in [0.05, 0.1) is 7.11 Å². The number of carbonyl (C=O) groups excluding carboxylic acids is 4. The number of hydrogen-bond acceptors (Lipinski definition) is 7. The number of amides is 3. The monoisotopic (exact) mass is 567 g/mol. The summed E-state index contributed by atoms with van der Waals surface area (Å²) in [5.74, 6) is -1.42. The van der Waals surface area contributed by atoms with Gasteiger partial charge >= 0.3 is 12.1 Å². The van der Waals surface area contributed by atoms with Gasteiger partial charge in [-0.2, -0.15) is 0 Å². The minimum Gasteiger partial charge on any atom is -0.508 e. The molecule has 10 heteroatoms. The molecule has 222 valence electrons. The number of nitrogens with zero attached hydrogens (tertiary/aromatic N) is 1. The Kier molecular flexibility index (Phi) is 10.0. The molecule has 41 heavy (non-hydrogen) atoms. The number of methoxy groups -OCH3 is 1. The zero-order valence-electron chi connectivity index (χ0n) is 24.8. The number of esters is 1. The lowest BCUT2D eigenvalue weighted by Gasteiger charge is -2.36. The average molecular weight is 568 g/mol. The molecular weight excluding hydrogens is 526 g/mol. The van der Waals surface area contributed by atoms with Crippen molar-refractivity contribution in [3.8, 4) is 5.75 Å². The van der Waals surface area contributed by atoms with Gasteiger partial charge in [-0.15, -0.1) is 0 Å². The van der Waals surface area contributed by atoms with Crippen molar-refractivity contribution in [1.29, 1.82) is 0 Å². The fraction of sp³-hybridized carbons (Fsp3) is 0.484. The van der Waals surface area contributed by atoms with Crippen LogP contribution in [0.25, 0.3) is 0 Å². The van der Waals surface area contributed by atoms with Crippen LogP contribution in [0.5, 0.6) is 5.75 Å². The van der Waals surface area contributed by atoms with Gasteiger partial charge in [0, 0.05) is 12.5 Å². The summed E-state index contributed by atoms with van der Waals surface area (Å²) in [6.45, 7) is 10.6. The molecule has 3 N–H and O–H groups in total. The number of ether oxygens (including phenoxy) is 2. The highest BCUT2D eigenvalue weighted by molar-refractivity contribution is 5.94. The molecule has 1 aliphatic rings.